The molecule has 1 heterocycles. The molecular formula is C16H22ClN5O. The molecule has 0 saturated heterocycles. The summed E-state index contributed by atoms with van der Waals surface area (Å²) in [4.78, 5) is 9.57. The molecule has 1 saturated carbocycles. The molecule has 0 unspecified atom stereocenters. The lowest BCUT2D eigenvalue weighted by Gasteiger charge is -2.12. The Labute approximate surface area is 141 Å². The molecule has 0 spiro atoms. The van der Waals surface area contributed by atoms with Crippen LogP contribution in [0.15, 0.2) is 41.8 Å². The fourth-order valence-corrected chi connectivity index (χ4v) is 2.84. The van der Waals surface area contributed by atoms with E-state index in [0.29, 0.717) is 24.2 Å². The quantitative estimate of drug-likeness (QED) is 0.499. The first-order valence-corrected chi connectivity index (χ1v) is 7.57. The highest BCUT2D eigenvalue weighted by atomic mass is 35.5. The lowest BCUT2D eigenvalue weighted by atomic mass is 10.2. The van der Waals surface area contributed by atoms with Gasteiger partial charge in [0.25, 0.3) is 0 Å². The minimum Gasteiger partial charge on any atom is -0.389 e. The van der Waals surface area contributed by atoms with Gasteiger partial charge in [-0.15, -0.1) is 12.4 Å². The predicted molar refractivity (Wildman–Crippen MR) is 93.3 cm³/mol. The Morgan fingerprint density at radius 2 is 1.96 bits per heavy atom. The van der Waals surface area contributed by atoms with E-state index in [2.05, 4.69) is 10.1 Å². The molecule has 1 aliphatic rings. The summed E-state index contributed by atoms with van der Waals surface area (Å²) in [7, 11) is 0. The van der Waals surface area contributed by atoms with E-state index in [1.165, 1.54) is 12.8 Å². The van der Waals surface area contributed by atoms with Crippen LogP contribution in [0.1, 0.15) is 43.0 Å². The second-order valence-electron chi connectivity index (χ2n) is 5.56. The van der Waals surface area contributed by atoms with Crippen LogP contribution in [0.5, 0.6) is 0 Å². The van der Waals surface area contributed by atoms with Gasteiger partial charge in [-0.2, -0.15) is 0 Å². The van der Waals surface area contributed by atoms with Gasteiger partial charge in [-0.05, 0) is 18.4 Å². The SMILES string of the molecule is Cl.N/C(=N\OCc1ccccc1)c1ncn(C2CCCC2)c1N. The van der Waals surface area contributed by atoms with Crippen molar-refractivity contribution >= 4 is 24.1 Å². The van der Waals surface area contributed by atoms with Gasteiger partial charge in [0.1, 0.15) is 12.4 Å². The average molecular weight is 336 g/mol. The summed E-state index contributed by atoms with van der Waals surface area (Å²) in [5, 5.41) is 3.93. The normalized spacial score (nSPS) is 15.4. The summed E-state index contributed by atoms with van der Waals surface area (Å²) in [6, 6.07) is 10.2. The maximum absolute atomic E-state index is 6.15. The summed E-state index contributed by atoms with van der Waals surface area (Å²) in [6.07, 6.45) is 6.51. The highest BCUT2D eigenvalue weighted by Crippen LogP contribution is 2.31. The number of imidazole rings is 1. The van der Waals surface area contributed by atoms with Crippen molar-refractivity contribution in [1.82, 2.24) is 9.55 Å². The third-order valence-corrected chi connectivity index (χ3v) is 4.03. The first-order valence-electron chi connectivity index (χ1n) is 7.57. The van der Waals surface area contributed by atoms with E-state index >= 15 is 0 Å². The molecule has 23 heavy (non-hydrogen) atoms. The molecule has 0 amide bonds. The van der Waals surface area contributed by atoms with Gasteiger partial charge in [0.05, 0.1) is 6.33 Å². The van der Waals surface area contributed by atoms with Gasteiger partial charge in [-0.1, -0.05) is 48.3 Å². The van der Waals surface area contributed by atoms with E-state index in [-0.39, 0.29) is 18.2 Å². The number of halogens is 1. The van der Waals surface area contributed by atoms with Crippen LogP contribution < -0.4 is 11.5 Å². The van der Waals surface area contributed by atoms with Crippen molar-refractivity contribution in [1.29, 1.82) is 0 Å². The standard InChI is InChI=1S/C16H21N5O.ClH/c17-15(20-22-10-12-6-2-1-3-7-12)14-16(18)21(11-19-14)13-8-4-5-9-13;/h1-3,6-7,11,13H,4-5,8-10,18H2,(H2,17,20);1H. The van der Waals surface area contributed by atoms with E-state index in [4.69, 9.17) is 16.3 Å². The third kappa shape index (κ3) is 3.96. The number of nitrogens with two attached hydrogens (primary N) is 2. The van der Waals surface area contributed by atoms with Gasteiger partial charge in [0.2, 0.25) is 0 Å². The Kier molecular flexibility index (Phi) is 5.87. The van der Waals surface area contributed by atoms with Crippen molar-refractivity contribution in [3.63, 3.8) is 0 Å². The van der Waals surface area contributed by atoms with Crippen molar-refractivity contribution in [2.75, 3.05) is 5.73 Å². The van der Waals surface area contributed by atoms with Crippen LogP contribution in [0.2, 0.25) is 0 Å². The number of benzene rings is 1. The molecule has 0 bridgehead atoms. The van der Waals surface area contributed by atoms with Crippen LogP contribution in [0.4, 0.5) is 5.82 Å². The number of hydrogen-bond acceptors (Lipinski definition) is 4. The number of oxime groups is 1. The van der Waals surface area contributed by atoms with E-state index in [0.717, 1.165) is 18.4 Å². The summed E-state index contributed by atoms with van der Waals surface area (Å²) in [5.74, 6) is 0.779. The molecule has 0 aliphatic heterocycles. The molecule has 1 aromatic carbocycles. The number of anilines is 1. The van der Waals surface area contributed by atoms with Gasteiger partial charge in [0, 0.05) is 6.04 Å². The molecule has 1 aliphatic carbocycles. The predicted octanol–water partition coefficient (Wildman–Crippen LogP) is 2.84. The Balaban J connectivity index is 0.00000192. The monoisotopic (exact) mass is 335 g/mol. The van der Waals surface area contributed by atoms with E-state index < -0.39 is 0 Å². The van der Waals surface area contributed by atoms with Crippen molar-refractivity contribution in [3.05, 3.63) is 47.9 Å². The number of nitrogens with zero attached hydrogens (tertiary/aromatic N) is 3. The van der Waals surface area contributed by atoms with Crippen LogP contribution in [0.3, 0.4) is 0 Å². The average Bonchev–Trinajstić information content (AvgIpc) is 3.17. The minimum absolute atomic E-state index is 0. The lowest BCUT2D eigenvalue weighted by Crippen LogP contribution is -2.17. The fourth-order valence-electron chi connectivity index (χ4n) is 2.84. The van der Waals surface area contributed by atoms with E-state index in [1.54, 1.807) is 6.33 Å². The minimum atomic E-state index is 0. The van der Waals surface area contributed by atoms with E-state index in [1.807, 2.05) is 34.9 Å². The molecule has 4 N–H and O–H groups in total. The number of amidine groups is 1. The van der Waals surface area contributed by atoms with Crippen LogP contribution in [-0.4, -0.2) is 15.4 Å². The summed E-state index contributed by atoms with van der Waals surface area (Å²) >= 11 is 0. The molecular weight excluding hydrogens is 314 g/mol. The maximum Gasteiger partial charge on any atom is 0.192 e. The zero-order valence-electron chi connectivity index (χ0n) is 12.9. The van der Waals surface area contributed by atoms with Crippen molar-refractivity contribution in [2.24, 2.45) is 10.9 Å². The molecule has 1 aromatic heterocycles. The summed E-state index contributed by atoms with van der Waals surface area (Å²) in [5.41, 5.74) is 13.6. The van der Waals surface area contributed by atoms with Crippen molar-refractivity contribution < 1.29 is 4.84 Å². The molecule has 1 fully saturated rings. The molecule has 2 aromatic rings. The van der Waals surface area contributed by atoms with Gasteiger partial charge in [0.15, 0.2) is 11.5 Å². The first-order chi connectivity index (χ1) is 10.8. The smallest absolute Gasteiger partial charge is 0.192 e. The van der Waals surface area contributed by atoms with Crippen LogP contribution in [0, 0.1) is 0 Å². The van der Waals surface area contributed by atoms with E-state index in [9.17, 15) is 0 Å². The maximum atomic E-state index is 6.15. The van der Waals surface area contributed by atoms with Crippen molar-refractivity contribution in [3.8, 4) is 0 Å². The second-order valence-corrected chi connectivity index (χ2v) is 5.56. The Hall–Kier alpha value is -2.21. The molecule has 0 atom stereocenters. The van der Waals surface area contributed by atoms with Gasteiger partial charge < -0.3 is 20.9 Å². The third-order valence-electron chi connectivity index (χ3n) is 4.03. The molecule has 7 heteroatoms. The number of aromatic nitrogens is 2. The van der Waals surface area contributed by atoms with Crippen molar-refractivity contribution in [2.45, 2.75) is 38.3 Å². The number of hydrogen-bond donors (Lipinski definition) is 2. The zero-order chi connectivity index (χ0) is 15.4. The number of rotatable bonds is 5. The largest absolute Gasteiger partial charge is 0.389 e. The topological polar surface area (TPSA) is 91.5 Å². The van der Waals surface area contributed by atoms with Gasteiger partial charge in [-0.25, -0.2) is 4.98 Å². The fraction of sp³-hybridized carbons (Fsp3) is 0.375. The highest BCUT2D eigenvalue weighted by Gasteiger charge is 2.21. The second kappa shape index (κ2) is 7.87. The molecule has 3 rings (SSSR count). The molecule has 124 valence electrons. The summed E-state index contributed by atoms with van der Waals surface area (Å²) in [6.45, 7) is 0.366. The van der Waals surface area contributed by atoms with Gasteiger partial charge in [-0.3, -0.25) is 0 Å². The number of nitrogen functional groups attached to an aromatic ring is 1. The van der Waals surface area contributed by atoms with Crippen LogP contribution in [-0.2, 0) is 11.4 Å². The Bertz CT molecular complexity index is 650. The van der Waals surface area contributed by atoms with Crippen LogP contribution in [0.25, 0.3) is 0 Å². The summed E-state index contributed by atoms with van der Waals surface area (Å²) < 4.78 is 2.00. The Morgan fingerprint density at radius 1 is 1.26 bits per heavy atom. The highest BCUT2D eigenvalue weighted by molar-refractivity contribution is 5.99. The zero-order valence-corrected chi connectivity index (χ0v) is 13.7. The Morgan fingerprint density at radius 3 is 2.65 bits per heavy atom. The van der Waals surface area contributed by atoms with Crippen LogP contribution >= 0.6 is 12.4 Å². The first kappa shape index (κ1) is 17.1. The molecule has 0 radical (unpaired) electrons. The lowest BCUT2D eigenvalue weighted by molar-refractivity contribution is 0.130. The molecule has 6 nitrogen and oxygen atoms in total. The van der Waals surface area contributed by atoms with Gasteiger partial charge >= 0.3 is 0 Å².